The summed E-state index contributed by atoms with van der Waals surface area (Å²) in [5.74, 6) is 0.0464. The molecule has 0 bridgehead atoms. The van der Waals surface area contributed by atoms with Crippen molar-refractivity contribution in [1.82, 2.24) is 5.32 Å². The van der Waals surface area contributed by atoms with Crippen LogP contribution < -0.4 is 10.1 Å². The van der Waals surface area contributed by atoms with Crippen LogP contribution in [0.4, 0.5) is 11.4 Å². The molecule has 0 saturated heterocycles. The lowest BCUT2D eigenvalue weighted by atomic mass is 10.2. The number of hydrogen-bond donors (Lipinski definition) is 1. The first kappa shape index (κ1) is 15.8. The van der Waals surface area contributed by atoms with Crippen molar-refractivity contribution in [2.24, 2.45) is 0 Å². The molecule has 0 spiro atoms. The van der Waals surface area contributed by atoms with Gasteiger partial charge in [-0.3, -0.25) is 20.2 Å². The van der Waals surface area contributed by atoms with E-state index in [2.05, 4.69) is 5.32 Å². The highest BCUT2D eigenvalue weighted by atomic mass is 16.6. The quantitative estimate of drug-likeness (QED) is 0.445. The van der Waals surface area contributed by atoms with Gasteiger partial charge in [0, 0.05) is 12.1 Å². The highest BCUT2D eigenvalue weighted by Crippen LogP contribution is 2.30. The summed E-state index contributed by atoms with van der Waals surface area (Å²) in [4.78, 5) is 20.1. The fourth-order valence-corrected chi connectivity index (χ4v) is 1.53. The maximum atomic E-state index is 10.9. The summed E-state index contributed by atoms with van der Waals surface area (Å²) in [5, 5.41) is 24.6. The molecule has 0 unspecified atom stereocenters. The van der Waals surface area contributed by atoms with Gasteiger partial charge in [0.15, 0.2) is 5.75 Å². The van der Waals surface area contributed by atoms with Crippen LogP contribution in [0, 0.1) is 20.2 Å². The Hall–Kier alpha value is -2.22. The normalized spacial score (nSPS) is 10.6. The Morgan fingerprint density at radius 3 is 2.50 bits per heavy atom. The van der Waals surface area contributed by atoms with Crippen LogP contribution in [0.2, 0.25) is 0 Å². The van der Waals surface area contributed by atoms with Crippen LogP contribution in [0.1, 0.15) is 20.3 Å². The minimum atomic E-state index is -0.686. The molecule has 1 aromatic carbocycles. The topological polar surface area (TPSA) is 108 Å². The summed E-state index contributed by atoms with van der Waals surface area (Å²) in [5.41, 5.74) is -0.721. The van der Waals surface area contributed by atoms with Crippen molar-refractivity contribution in [2.45, 2.75) is 26.3 Å². The standard InChI is InChI=1S/C12H17N3O5/c1-9(2)13-6-3-7-20-12-5-4-10(14(16)17)8-11(12)15(18)19/h4-5,8-9,13H,3,6-7H2,1-2H3. The summed E-state index contributed by atoms with van der Waals surface area (Å²) < 4.78 is 5.31. The molecule has 0 atom stereocenters. The van der Waals surface area contributed by atoms with Gasteiger partial charge in [-0.05, 0) is 19.0 Å². The average molecular weight is 283 g/mol. The zero-order valence-electron chi connectivity index (χ0n) is 11.4. The van der Waals surface area contributed by atoms with Crippen LogP contribution in [-0.2, 0) is 0 Å². The maximum absolute atomic E-state index is 10.9. The first-order chi connectivity index (χ1) is 9.41. The number of rotatable bonds is 8. The van der Waals surface area contributed by atoms with Gasteiger partial charge >= 0.3 is 5.69 Å². The lowest BCUT2D eigenvalue weighted by molar-refractivity contribution is -0.394. The molecule has 0 radical (unpaired) electrons. The van der Waals surface area contributed by atoms with E-state index in [1.807, 2.05) is 13.8 Å². The molecule has 1 aromatic rings. The summed E-state index contributed by atoms with van der Waals surface area (Å²) in [6, 6.07) is 3.71. The van der Waals surface area contributed by atoms with Gasteiger partial charge in [-0.15, -0.1) is 0 Å². The highest BCUT2D eigenvalue weighted by Gasteiger charge is 2.20. The van der Waals surface area contributed by atoms with Gasteiger partial charge < -0.3 is 10.1 Å². The molecule has 110 valence electrons. The van der Waals surface area contributed by atoms with Crippen molar-refractivity contribution < 1.29 is 14.6 Å². The van der Waals surface area contributed by atoms with E-state index in [-0.39, 0.29) is 11.4 Å². The molecule has 0 saturated carbocycles. The molecule has 1 N–H and O–H groups in total. The minimum Gasteiger partial charge on any atom is -0.487 e. The predicted octanol–water partition coefficient (Wildman–Crippen LogP) is 2.27. The zero-order valence-corrected chi connectivity index (χ0v) is 11.4. The number of ether oxygens (including phenoxy) is 1. The lowest BCUT2D eigenvalue weighted by Gasteiger charge is -2.09. The van der Waals surface area contributed by atoms with Crippen LogP contribution >= 0.6 is 0 Å². The Bertz CT molecular complexity index is 490. The molecular formula is C12H17N3O5. The van der Waals surface area contributed by atoms with E-state index in [4.69, 9.17) is 4.74 Å². The molecule has 0 aromatic heterocycles. The van der Waals surface area contributed by atoms with Crippen LogP contribution in [0.25, 0.3) is 0 Å². The summed E-state index contributed by atoms with van der Waals surface area (Å²) in [6.45, 7) is 5.07. The fourth-order valence-electron chi connectivity index (χ4n) is 1.53. The van der Waals surface area contributed by atoms with E-state index < -0.39 is 15.5 Å². The van der Waals surface area contributed by atoms with Gasteiger partial charge in [-0.25, -0.2) is 0 Å². The Kier molecular flexibility index (Phi) is 5.85. The molecular weight excluding hydrogens is 266 g/mol. The van der Waals surface area contributed by atoms with Crippen molar-refractivity contribution in [3.05, 3.63) is 38.4 Å². The van der Waals surface area contributed by atoms with Crippen molar-refractivity contribution in [3.8, 4) is 5.75 Å². The number of nitro groups is 2. The predicted molar refractivity (Wildman–Crippen MR) is 73.0 cm³/mol. The molecule has 0 aliphatic heterocycles. The van der Waals surface area contributed by atoms with Crippen LogP contribution in [0.5, 0.6) is 5.75 Å². The van der Waals surface area contributed by atoms with E-state index >= 15 is 0 Å². The number of benzene rings is 1. The Morgan fingerprint density at radius 2 is 1.95 bits per heavy atom. The molecule has 8 nitrogen and oxygen atoms in total. The summed E-state index contributed by atoms with van der Waals surface area (Å²) in [6.07, 6.45) is 0.687. The van der Waals surface area contributed by atoms with Crippen LogP contribution in [-0.4, -0.2) is 29.0 Å². The number of nitrogens with zero attached hydrogens (tertiary/aromatic N) is 2. The smallest absolute Gasteiger partial charge is 0.317 e. The van der Waals surface area contributed by atoms with E-state index in [9.17, 15) is 20.2 Å². The second-order valence-corrected chi connectivity index (χ2v) is 4.48. The molecule has 0 aliphatic rings. The lowest BCUT2D eigenvalue weighted by Crippen LogP contribution is -2.24. The summed E-state index contributed by atoms with van der Waals surface area (Å²) in [7, 11) is 0. The third-order valence-corrected chi connectivity index (χ3v) is 2.48. The molecule has 8 heteroatoms. The Balaban J connectivity index is 2.65. The molecule has 0 heterocycles. The second-order valence-electron chi connectivity index (χ2n) is 4.48. The highest BCUT2D eigenvalue weighted by molar-refractivity contribution is 5.53. The van der Waals surface area contributed by atoms with Crippen molar-refractivity contribution in [1.29, 1.82) is 0 Å². The third-order valence-electron chi connectivity index (χ3n) is 2.48. The van der Waals surface area contributed by atoms with E-state index in [1.165, 1.54) is 12.1 Å². The van der Waals surface area contributed by atoms with Gasteiger partial charge in [-0.1, -0.05) is 13.8 Å². The van der Waals surface area contributed by atoms with Crippen molar-refractivity contribution in [2.75, 3.05) is 13.2 Å². The van der Waals surface area contributed by atoms with Crippen LogP contribution in [0.15, 0.2) is 18.2 Å². The molecule has 0 amide bonds. The second kappa shape index (κ2) is 7.39. The fraction of sp³-hybridized carbons (Fsp3) is 0.500. The number of hydrogen-bond acceptors (Lipinski definition) is 6. The van der Waals surface area contributed by atoms with E-state index in [1.54, 1.807) is 0 Å². The van der Waals surface area contributed by atoms with E-state index in [0.717, 1.165) is 12.6 Å². The first-order valence-electron chi connectivity index (χ1n) is 6.21. The Labute approximate surface area is 116 Å². The van der Waals surface area contributed by atoms with Gasteiger partial charge in [0.1, 0.15) is 0 Å². The molecule has 0 fully saturated rings. The molecule has 20 heavy (non-hydrogen) atoms. The zero-order chi connectivity index (χ0) is 15.1. The largest absolute Gasteiger partial charge is 0.487 e. The Morgan fingerprint density at radius 1 is 1.25 bits per heavy atom. The van der Waals surface area contributed by atoms with E-state index in [0.29, 0.717) is 19.1 Å². The third kappa shape index (κ3) is 4.81. The summed E-state index contributed by atoms with van der Waals surface area (Å²) >= 11 is 0. The number of non-ortho nitro benzene ring substituents is 1. The van der Waals surface area contributed by atoms with Crippen LogP contribution in [0.3, 0.4) is 0 Å². The maximum Gasteiger partial charge on any atom is 0.317 e. The average Bonchev–Trinajstić information content (AvgIpc) is 2.37. The number of nitrogens with one attached hydrogen (secondary N) is 1. The van der Waals surface area contributed by atoms with Gasteiger partial charge in [0.25, 0.3) is 5.69 Å². The van der Waals surface area contributed by atoms with Gasteiger partial charge in [-0.2, -0.15) is 0 Å². The van der Waals surface area contributed by atoms with Gasteiger partial charge in [0.05, 0.1) is 22.5 Å². The SMILES string of the molecule is CC(C)NCCCOc1ccc([N+](=O)[O-])cc1[N+](=O)[O-]. The molecule has 1 rings (SSSR count). The van der Waals surface area contributed by atoms with Gasteiger partial charge in [0.2, 0.25) is 0 Å². The monoisotopic (exact) mass is 283 g/mol. The van der Waals surface area contributed by atoms with Crippen molar-refractivity contribution in [3.63, 3.8) is 0 Å². The number of nitro benzene ring substituents is 2. The van der Waals surface area contributed by atoms with Crippen molar-refractivity contribution >= 4 is 11.4 Å². The minimum absolute atomic E-state index is 0.0464. The first-order valence-corrected chi connectivity index (χ1v) is 6.21. The molecule has 0 aliphatic carbocycles.